The molecule has 0 aromatic carbocycles. The Bertz CT molecular complexity index is 406. The number of rotatable bonds is 7. The van der Waals surface area contributed by atoms with Crippen LogP contribution in [0.3, 0.4) is 0 Å². The summed E-state index contributed by atoms with van der Waals surface area (Å²) in [6.45, 7) is 11.6. The number of alkyl halides is 3. The van der Waals surface area contributed by atoms with Crippen molar-refractivity contribution in [3.05, 3.63) is 36.5 Å². The van der Waals surface area contributed by atoms with Gasteiger partial charge in [0.15, 0.2) is 0 Å². The van der Waals surface area contributed by atoms with E-state index in [0.29, 0.717) is 5.57 Å². The van der Waals surface area contributed by atoms with Crippen molar-refractivity contribution in [3.8, 4) is 0 Å². The Morgan fingerprint density at radius 2 is 1.75 bits per heavy atom. The maximum atomic E-state index is 12.6. The van der Waals surface area contributed by atoms with E-state index in [9.17, 15) is 18.0 Å². The molecule has 0 heterocycles. The third kappa shape index (κ3) is 7.16. The van der Waals surface area contributed by atoms with Crippen LogP contribution in [0.5, 0.6) is 0 Å². The molecule has 20 heavy (non-hydrogen) atoms. The quantitative estimate of drug-likeness (QED) is 0.701. The van der Waals surface area contributed by atoms with Gasteiger partial charge in [-0.1, -0.05) is 44.7 Å². The highest BCUT2D eigenvalue weighted by atomic mass is 19.4. The first kappa shape index (κ1) is 18.5. The zero-order valence-electron chi connectivity index (χ0n) is 12.2. The second kappa shape index (κ2) is 7.31. The molecule has 0 unspecified atom stereocenters. The predicted octanol–water partition coefficient (Wildman–Crippen LogP) is 4.16. The Hall–Kier alpha value is -1.52. The second-order valence-electron chi connectivity index (χ2n) is 5.50. The molecule has 0 atom stereocenters. The lowest BCUT2D eigenvalue weighted by molar-refractivity contribution is -0.213. The fourth-order valence-corrected chi connectivity index (χ4v) is 1.19. The first-order chi connectivity index (χ1) is 8.95. The van der Waals surface area contributed by atoms with Crippen molar-refractivity contribution in [1.29, 1.82) is 0 Å². The lowest BCUT2D eigenvalue weighted by Gasteiger charge is -2.27. The van der Waals surface area contributed by atoms with Crippen molar-refractivity contribution in [2.45, 2.75) is 39.8 Å². The van der Waals surface area contributed by atoms with Gasteiger partial charge in [-0.3, -0.25) is 4.79 Å². The molecule has 0 radical (unpaired) electrons. The van der Waals surface area contributed by atoms with E-state index in [0.717, 1.165) is 19.4 Å². The van der Waals surface area contributed by atoms with Crippen LogP contribution < -0.4 is 5.32 Å². The minimum Gasteiger partial charge on any atom is -0.352 e. The smallest absolute Gasteiger partial charge is 0.352 e. The van der Waals surface area contributed by atoms with Gasteiger partial charge in [0.2, 0.25) is 5.91 Å². The average molecular weight is 289 g/mol. The largest absolute Gasteiger partial charge is 0.393 e. The first-order valence-electron chi connectivity index (χ1n) is 6.30. The molecule has 2 nitrogen and oxygen atoms in total. The molecular weight excluding hydrogens is 267 g/mol. The Labute approximate surface area is 118 Å². The van der Waals surface area contributed by atoms with Gasteiger partial charge in [-0.15, -0.1) is 0 Å². The zero-order valence-corrected chi connectivity index (χ0v) is 12.2. The average Bonchev–Trinajstić information content (AvgIpc) is 2.29. The highest BCUT2D eigenvalue weighted by Gasteiger charge is 2.46. The number of allylic oxidation sites excluding steroid dienone is 2. The maximum absolute atomic E-state index is 12.6. The fraction of sp³-hybridized carbons (Fsp3) is 0.533. The monoisotopic (exact) mass is 289 g/mol. The van der Waals surface area contributed by atoms with Crippen LogP contribution >= 0.6 is 0 Å². The van der Waals surface area contributed by atoms with Crippen molar-refractivity contribution in [2.75, 3.05) is 6.54 Å². The van der Waals surface area contributed by atoms with Crippen molar-refractivity contribution >= 4 is 5.91 Å². The SMILES string of the molecule is C=C(C)/C=C\C(=C)CNC(=O)CCC(C)(C)C(F)(F)F. The number of hydrogen-bond donors (Lipinski definition) is 1. The third-order valence-electron chi connectivity index (χ3n) is 2.86. The van der Waals surface area contributed by atoms with Crippen LogP contribution in [0.2, 0.25) is 0 Å². The van der Waals surface area contributed by atoms with Gasteiger partial charge in [0.25, 0.3) is 0 Å². The van der Waals surface area contributed by atoms with Crippen LogP contribution in [0.25, 0.3) is 0 Å². The molecule has 0 saturated heterocycles. The topological polar surface area (TPSA) is 29.1 Å². The summed E-state index contributed by atoms with van der Waals surface area (Å²) in [6, 6.07) is 0. The molecule has 1 N–H and O–H groups in total. The highest BCUT2D eigenvalue weighted by molar-refractivity contribution is 5.76. The molecule has 0 bridgehead atoms. The van der Waals surface area contributed by atoms with Crippen LogP contribution in [0.4, 0.5) is 13.2 Å². The number of amides is 1. The van der Waals surface area contributed by atoms with Crippen molar-refractivity contribution in [1.82, 2.24) is 5.32 Å². The normalized spacial score (nSPS) is 12.5. The van der Waals surface area contributed by atoms with Crippen molar-refractivity contribution < 1.29 is 18.0 Å². The highest BCUT2D eigenvalue weighted by Crippen LogP contribution is 2.40. The molecule has 5 heteroatoms. The van der Waals surface area contributed by atoms with Gasteiger partial charge >= 0.3 is 6.18 Å². The minimum atomic E-state index is -4.30. The molecule has 114 valence electrons. The van der Waals surface area contributed by atoms with Crippen LogP contribution in [0, 0.1) is 5.41 Å². The summed E-state index contributed by atoms with van der Waals surface area (Å²) in [4.78, 5) is 11.5. The molecule has 0 aliphatic carbocycles. The summed E-state index contributed by atoms with van der Waals surface area (Å²) < 4.78 is 37.8. The van der Waals surface area contributed by atoms with Gasteiger partial charge < -0.3 is 5.32 Å². The van der Waals surface area contributed by atoms with Crippen molar-refractivity contribution in [3.63, 3.8) is 0 Å². The molecule has 0 aliphatic rings. The molecule has 0 aromatic heterocycles. The molecule has 0 rings (SSSR count). The number of carbonyl (C=O) groups excluding carboxylic acids is 1. The molecule has 1 amide bonds. The number of hydrogen-bond acceptors (Lipinski definition) is 1. The van der Waals surface area contributed by atoms with Crippen LogP contribution in [0.15, 0.2) is 36.5 Å². The summed E-state index contributed by atoms with van der Waals surface area (Å²) in [6.07, 6.45) is -1.25. The minimum absolute atomic E-state index is 0.163. The second-order valence-corrected chi connectivity index (χ2v) is 5.50. The van der Waals surface area contributed by atoms with E-state index in [1.54, 1.807) is 12.2 Å². The third-order valence-corrected chi connectivity index (χ3v) is 2.86. The van der Waals surface area contributed by atoms with Gasteiger partial charge in [-0.2, -0.15) is 13.2 Å². The molecular formula is C15H22F3NO. The van der Waals surface area contributed by atoms with E-state index in [4.69, 9.17) is 0 Å². The standard InChI is InChI=1S/C15H22F3NO/c1-11(2)6-7-12(3)10-19-13(20)8-9-14(4,5)15(16,17)18/h6-7H,1,3,8-10H2,2,4-5H3,(H,19,20)/b7-6-. The van der Waals surface area contributed by atoms with Gasteiger partial charge in [-0.25, -0.2) is 0 Å². The molecule has 0 aliphatic heterocycles. The summed E-state index contributed by atoms with van der Waals surface area (Å²) in [5.41, 5.74) is -0.345. The van der Waals surface area contributed by atoms with E-state index in [2.05, 4.69) is 18.5 Å². The van der Waals surface area contributed by atoms with E-state index in [1.165, 1.54) is 0 Å². The van der Waals surface area contributed by atoms with E-state index < -0.39 is 17.5 Å². The lowest BCUT2D eigenvalue weighted by Crippen LogP contribution is -2.34. The number of halogens is 3. The molecule has 0 fully saturated rings. The summed E-state index contributed by atoms with van der Waals surface area (Å²) in [5, 5.41) is 2.54. The van der Waals surface area contributed by atoms with E-state index in [-0.39, 0.29) is 19.4 Å². The van der Waals surface area contributed by atoms with Gasteiger partial charge in [-0.05, 0) is 18.9 Å². The van der Waals surface area contributed by atoms with Crippen LogP contribution in [-0.4, -0.2) is 18.6 Å². The van der Waals surface area contributed by atoms with Gasteiger partial charge in [0, 0.05) is 13.0 Å². The number of carbonyl (C=O) groups is 1. The molecule has 0 spiro atoms. The lowest BCUT2D eigenvalue weighted by atomic mass is 9.87. The zero-order chi connectivity index (χ0) is 16.0. The molecule has 0 saturated carbocycles. The van der Waals surface area contributed by atoms with Gasteiger partial charge in [0.05, 0.1) is 5.41 Å². The fourth-order valence-electron chi connectivity index (χ4n) is 1.19. The summed E-state index contributed by atoms with van der Waals surface area (Å²) in [7, 11) is 0. The molecule has 0 aromatic rings. The van der Waals surface area contributed by atoms with Crippen molar-refractivity contribution in [2.24, 2.45) is 5.41 Å². The van der Waals surface area contributed by atoms with E-state index in [1.807, 2.05) is 6.92 Å². The Morgan fingerprint density at radius 1 is 1.20 bits per heavy atom. The summed E-state index contributed by atoms with van der Waals surface area (Å²) >= 11 is 0. The Morgan fingerprint density at radius 3 is 2.20 bits per heavy atom. The Kier molecular flexibility index (Phi) is 6.76. The van der Waals surface area contributed by atoms with Crippen LogP contribution in [0.1, 0.15) is 33.6 Å². The van der Waals surface area contributed by atoms with Gasteiger partial charge in [0.1, 0.15) is 0 Å². The predicted molar refractivity (Wildman–Crippen MR) is 75.2 cm³/mol. The number of nitrogens with one attached hydrogen (secondary N) is 1. The van der Waals surface area contributed by atoms with E-state index >= 15 is 0 Å². The first-order valence-corrected chi connectivity index (χ1v) is 6.30. The maximum Gasteiger partial charge on any atom is 0.393 e. The Balaban J connectivity index is 4.14. The summed E-state index contributed by atoms with van der Waals surface area (Å²) in [5.74, 6) is -0.410. The van der Waals surface area contributed by atoms with Crippen LogP contribution in [-0.2, 0) is 4.79 Å².